The maximum atomic E-state index is 12.0. The van der Waals surface area contributed by atoms with Gasteiger partial charge in [-0.05, 0) is 19.9 Å². The molecule has 1 unspecified atom stereocenters. The van der Waals surface area contributed by atoms with E-state index in [9.17, 15) is 13.2 Å². The fraction of sp³-hybridized carbons (Fsp3) is 0.545. The predicted molar refractivity (Wildman–Crippen MR) is 71.9 cm³/mol. The Labute approximate surface area is 117 Å². The lowest BCUT2D eigenvalue weighted by atomic mass is 10.3. The molecule has 1 aromatic heterocycles. The molecular weight excluding hydrogens is 292 g/mol. The summed E-state index contributed by atoms with van der Waals surface area (Å²) in [5.41, 5.74) is 0.225. The Morgan fingerprint density at radius 3 is 2.68 bits per heavy atom. The zero-order valence-electron chi connectivity index (χ0n) is 11.0. The molecule has 1 heterocycles. The molecule has 0 aliphatic heterocycles. The topological polar surface area (TPSA) is 77.4 Å². The second-order valence-corrected chi connectivity index (χ2v) is 6.71. The summed E-state index contributed by atoms with van der Waals surface area (Å²) >= 11 is 0. The van der Waals surface area contributed by atoms with Crippen LogP contribution in [0.1, 0.15) is 24.3 Å². The number of ether oxygens (including phenoxy) is 1. The molecule has 0 saturated heterocycles. The Bertz CT molecular complexity index is 553. The first-order chi connectivity index (χ1) is 8.75. The van der Waals surface area contributed by atoms with Crippen molar-refractivity contribution in [3.05, 3.63) is 18.0 Å². The van der Waals surface area contributed by atoms with Crippen LogP contribution < -0.4 is 5.32 Å². The van der Waals surface area contributed by atoms with Crippen molar-refractivity contribution in [2.24, 2.45) is 7.05 Å². The molecule has 8 heteroatoms. The van der Waals surface area contributed by atoms with Gasteiger partial charge in [-0.2, -0.15) is 0 Å². The van der Waals surface area contributed by atoms with E-state index in [1.54, 1.807) is 14.0 Å². The second kappa shape index (κ2) is 6.40. The highest BCUT2D eigenvalue weighted by molar-refractivity contribution is 8.13. The van der Waals surface area contributed by atoms with Crippen molar-refractivity contribution in [1.29, 1.82) is 0 Å². The third-order valence-corrected chi connectivity index (χ3v) is 3.76. The van der Waals surface area contributed by atoms with E-state index in [4.69, 9.17) is 15.4 Å². The van der Waals surface area contributed by atoms with Crippen LogP contribution in [0.5, 0.6) is 0 Å². The van der Waals surface area contributed by atoms with E-state index in [0.717, 1.165) is 0 Å². The third kappa shape index (κ3) is 4.52. The van der Waals surface area contributed by atoms with Crippen molar-refractivity contribution in [3.63, 3.8) is 0 Å². The molecule has 0 fully saturated rings. The molecule has 1 N–H and O–H groups in total. The minimum absolute atomic E-state index is 0.0979. The number of rotatable bonds is 6. The fourth-order valence-electron chi connectivity index (χ4n) is 1.53. The Hall–Kier alpha value is -1.05. The molecule has 0 aliphatic rings. The van der Waals surface area contributed by atoms with E-state index >= 15 is 0 Å². The lowest BCUT2D eigenvalue weighted by molar-refractivity contribution is 0.0864. The number of carbonyl (C=O) groups is 1. The van der Waals surface area contributed by atoms with Crippen molar-refractivity contribution in [2.45, 2.75) is 24.8 Å². The smallest absolute Gasteiger partial charge is 0.268 e. The molecule has 1 amide bonds. The fourth-order valence-corrected chi connectivity index (χ4v) is 2.32. The molecule has 19 heavy (non-hydrogen) atoms. The Morgan fingerprint density at radius 2 is 2.21 bits per heavy atom. The van der Waals surface area contributed by atoms with Gasteiger partial charge in [-0.25, -0.2) is 8.42 Å². The van der Waals surface area contributed by atoms with Gasteiger partial charge in [-0.1, -0.05) is 0 Å². The molecule has 0 bridgehead atoms. The van der Waals surface area contributed by atoms with Gasteiger partial charge in [-0.15, -0.1) is 0 Å². The summed E-state index contributed by atoms with van der Waals surface area (Å²) in [7, 11) is 2.97. The molecule has 0 radical (unpaired) electrons. The number of aromatic nitrogens is 1. The molecular formula is C11H17ClN2O4S. The van der Waals surface area contributed by atoms with Crippen LogP contribution in [-0.4, -0.2) is 38.1 Å². The van der Waals surface area contributed by atoms with E-state index < -0.39 is 9.05 Å². The van der Waals surface area contributed by atoms with Crippen LogP contribution in [0.2, 0.25) is 0 Å². The average Bonchev–Trinajstić information content (AvgIpc) is 2.68. The highest BCUT2D eigenvalue weighted by Crippen LogP contribution is 2.17. The van der Waals surface area contributed by atoms with Gasteiger partial charge in [0.2, 0.25) is 0 Å². The minimum atomic E-state index is -3.83. The predicted octanol–water partition coefficient (Wildman–Crippen LogP) is 1.11. The number of nitrogens with zero attached hydrogens (tertiary/aromatic N) is 1. The third-order valence-electron chi connectivity index (χ3n) is 2.44. The number of hydrogen-bond acceptors (Lipinski definition) is 4. The molecule has 0 aliphatic carbocycles. The molecule has 0 spiro atoms. The summed E-state index contributed by atoms with van der Waals surface area (Å²) in [6, 6.07) is 1.07. The number of nitrogens with one attached hydrogen (secondary N) is 1. The number of aryl methyl sites for hydroxylation is 1. The van der Waals surface area contributed by atoms with E-state index in [1.807, 2.05) is 6.92 Å². The SMILES string of the molecule is CCOCC(C)NC(=O)c1cc(S(=O)(=O)Cl)cn1C. The summed E-state index contributed by atoms with van der Waals surface area (Å²) in [6.07, 6.45) is 1.30. The lowest BCUT2D eigenvalue weighted by Gasteiger charge is -2.13. The molecule has 6 nitrogen and oxygen atoms in total. The molecule has 1 atom stereocenters. The van der Waals surface area contributed by atoms with E-state index in [-0.39, 0.29) is 22.5 Å². The second-order valence-electron chi connectivity index (χ2n) is 4.14. The maximum Gasteiger partial charge on any atom is 0.268 e. The van der Waals surface area contributed by atoms with Crippen LogP contribution in [0.15, 0.2) is 17.2 Å². The van der Waals surface area contributed by atoms with Gasteiger partial charge in [0.1, 0.15) is 10.6 Å². The number of hydrogen-bond donors (Lipinski definition) is 1. The van der Waals surface area contributed by atoms with Gasteiger partial charge in [-0.3, -0.25) is 4.79 Å². The van der Waals surface area contributed by atoms with E-state index in [1.165, 1.54) is 16.8 Å². The summed E-state index contributed by atoms with van der Waals surface area (Å²) < 4.78 is 29.0. The van der Waals surface area contributed by atoms with Gasteiger partial charge in [0.05, 0.1) is 6.61 Å². The zero-order valence-corrected chi connectivity index (χ0v) is 12.6. The minimum Gasteiger partial charge on any atom is -0.380 e. The van der Waals surface area contributed by atoms with Gasteiger partial charge in [0.25, 0.3) is 15.0 Å². The number of halogens is 1. The summed E-state index contributed by atoms with van der Waals surface area (Å²) in [5, 5.41) is 2.71. The molecule has 108 valence electrons. The van der Waals surface area contributed by atoms with E-state index in [0.29, 0.717) is 13.2 Å². The summed E-state index contributed by atoms with van der Waals surface area (Å²) in [4.78, 5) is 11.9. The Balaban J connectivity index is 2.81. The molecule has 0 aromatic carbocycles. The van der Waals surface area contributed by atoms with Crippen molar-refractivity contribution < 1.29 is 17.9 Å². The maximum absolute atomic E-state index is 12.0. The Kier molecular flexibility index (Phi) is 5.39. The van der Waals surface area contributed by atoms with Gasteiger partial charge in [0.15, 0.2) is 0 Å². The normalized spacial score (nSPS) is 13.3. The van der Waals surface area contributed by atoms with Crippen LogP contribution >= 0.6 is 10.7 Å². The van der Waals surface area contributed by atoms with Crippen molar-refractivity contribution >= 4 is 25.6 Å². The highest BCUT2D eigenvalue weighted by Gasteiger charge is 2.19. The molecule has 0 saturated carbocycles. The summed E-state index contributed by atoms with van der Waals surface area (Å²) in [6.45, 7) is 4.63. The van der Waals surface area contributed by atoms with Crippen LogP contribution in [0.4, 0.5) is 0 Å². The number of carbonyl (C=O) groups excluding carboxylic acids is 1. The molecule has 1 rings (SSSR count). The highest BCUT2D eigenvalue weighted by atomic mass is 35.7. The van der Waals surface area contributed by atoms with Crippen molar-refractivity contribution in [2.75, 3.05) is 13.2 Å². The van der Waals surface area contributed by atoms with Crippen LogP contribution in [0, 0.1) is 0 Å². The quantitative estimate of drug-likeness (QED) is 0.799. The first-order valence-corrected chi connectivity index (χ1v) is 8.06. The summed E-state index contributed by atoms with van der Waals surface area (Å²) in [5.74, 6) is -0.374. The van der Waals surface area contributed by atoms with Gasteiger partial charge in [0, 0.05) is 36.6 Å². The lowest BCUT2D eigenvalue weighted by Crippen LogP contribution is -2.36. The standard InChI is InChI=1S/C11H17ClN2O4S/c1-4-18-7-8(2)13-11(15)10-5-9(6-14(10)3)19(12,16)17/h5-6,8H,4,7H2,1-3H3,(H,13,15). The van der Waals surface area contributed by atoms with Crippen molar-refractivity contribution in [3.8, 4) is 0 Å². The largest absolute Gasteiger partial charge is 0.380 e. The first kappa shape index (κ1) is 16.0. The van der Waals surface area contributed by atoms with Crippen molar-refractivity contribution in [1.82, 2.24) is 9.88 Å². The monoisotopic (exact) mass is 308 g/mol. The van der Waals surface area contributed by atoms with Gasteiger partial charge >= 0.3 is 0 Å². The first-order valence-electron chi connectivity index (χ1n) is 5.75. The van der Waals surface area contributed by atoms with Crippen LogP contribution in [0.25, 0.3) is 0 Å². The zero-order chi connectivity index (χ0) is 14.6. The number of amides is 1. The van der Waals surface area contributed by atoms with E-state index in [2.05, 4.69) is 5.32 Å². The van der Waals surface area contributed by atoms with Gasteiger partial charge < -0.3 is 14.6 Å². The average molecular weight is 309 g/mol. The van der Waals surface area contributed by atoms with Crippen LogP contribution in [-0.2, 0) is 20.8 Å². The molecule has 1 aromatic rings. The van der Waals surface area contributed by atoms with Crippen LogP contribution in [0.3, 0.4) is 0 Å². The Morgan fingerprint density at radius 1 is 1.58 bits per heavy atom.